The van der Waals surface area contributed by atoms with Crippen LogP contribution in [0.1, 0.15) is 40.4 Å². The van der Waals surface area contributed by atoms with Gasteiger partial charge in [0.2, 0.25) is 5.95 Å². The third kappa shape index (κ3) is 2.12. The van der Waals surface area contributed by atoms with Crippen molar-refractivity contribution in [3.63, 3.8) is 0 Å². The highest BCUT2D eigenvalue weighted by Crippen LogP contribution is 2.42. The fourth-order valence-electron chi connectivity index (χ4n) is 4.44. The van der Waals surface area contributed by atoms with Crippen molar-refractivity contribution in [2.45, 2.75) is 25.2 Å². The zero-order chi connectivity index (χ0) is 16.1. The lowest BCUT2D eigenvalue weighted by molar-refractivity contribution is 0.0785. The van der Waals surface area contributed by atoms with Crippen LogP contribution in [0.3, 0.4) is 0 Å². The predicted molar refractivity (Wildman–Crippen MR) is 90.1 cm³/mol. The number of aromatic amines is 1. The van der Waals surface area contributed by atoms with Crippen LogP contribution in [-0.4, -0.2) is 51.9 Å². The number of nitrogens with zero attached hydrogens (tertiary/aromatic N) is 4. The number of rotatable bonds is 2. The highest BCUT2D eigenvalue weighted by Gasteiger charge is 2.43. The zero-order valence-electron chi connectivity index (χ0n) is 13.6. The maximum atomic E-state index is 12.5. The minimum Gasteiger partial charge on any atom is -0.367 e. The van der Waals surface area contributed by atoms with Gasteiger partial charge in [-0.05, 0) is 36.8 Å². The zero-order valence-corrected chi connectivity index (χ0v) is 13.6. The lowest BCUT2D eigenvalue weighted by Gasteiger charge is -2.18. The van der Waals surface area contributed by atoms with E-state index in [2.05, 4.69) is 14.9 Å². The van der Waals surface area contributed by atoms with Gasteiger partial charge in [0.15, 0.2) is 0 Å². The summed E-state index contributed by atoms with van der Waals surface area (Å²) in [6, 6.07) is 1.84. The first kappa shape index (κ1) is 14.0. The lowest BCUT2D eigenvalue weighted by atomic mass is 9.98. The molecular weight excluding hydrogens is 302 g/mol. The molecule has 0 bridgehead atoms. The Morgan fingerprint density at radius 2 is 2.12 bits per heavy atom. The van der Waals surface area contributed by atoms with Crippen LogP contribution in [0, 0.1) is 5.92 Å². The average Bonchev–Trinajstić information content (AvgIpc) is 3.37. The van der Waals surface area contributed by atoms with E-state index in [1.54, 1.807) is 12.4 Å². The Balaban J connectivity index is 1.36. The number of carbonyl (C=O) groups excluding carboxylic acids is 1. The molecule has 0 aromatic carbocycles. The summed E-state index contributed by atoms with van der Waals surface area (Å²) in [4.78, 5) is 29.2. The van der Waals surface area contributed by atoms with Gasteiger partial charge in [0.05, 0.1) is 5.56 Å². The standard InChI is InChI=1S/C18H21N5O/c24-17(12-3-4-19-8-12)23-10-13-7-16-14(15(13)11-23)9-20-18(21-16)22-5-1-2-6-22/h3-4,8-9,13,15,19H,1-2,5-7,10-11H2. The maximum absolute atomic E-state index is 12.5. The van der Waals surface area contributed by atoms with Crippen LogP contribution in [0.15, 0.2) is 24.7 Å². The summed E-state index contributed by atoms with van der Waals surface area (Å²) < 4.78 is 0. The number of carbonyl (C=O) groups is 1. The van der Waals surface area contributed by atoms with Gasteiger partial charge in [-0.3, -0.25) is 4.79 Å². The SMILES string of the molecule is O=C(c1cc[nH]c1)N1CC2Cc3nc(N4CCCC4)ncc3C2C1. The number of hydrogen-bond donors (Lipinski definition) is 1. The Labute approximate surface area is 140 Å². The van der Waals surface area contributed by atoms with E-state index in [1.165, 1.54) is 24.1 Å². The minimum absolute atomic E-state index is 0.127. The van der Waals surface area contributed by atoms with E-state index in [4.69, 9.17) is 4.98 Å². The molecule has 2 unspecified atom stereocenters. The number of amides is 1. The second-order valence-corrected chi connectivity index (χ2v) is 7.15. The molecule has 124 valence electrons. The average molecular weight is 323 g/mol. The number of H-pyrrole nitrogens is 1. The van der Waals surface area contributed by atoms with Gasteiger partial charge in [-0.1, -0.05) is 0 Å². The van der Waals surface area contributed by atoms with E-state index in [1.807, 2.05) is 17.2 Å². The topological polar surface area (TPSA) is 65.1 Å². The Bertz CT molecular complexity index is 766. The smallest absolute Gasteiger partial charge is 0.255 e. The summed E-state index contributed by atoms with van der Waals surface area (Å²) in [6.07, 6.45) is 9.04. The van der Waals surface area contributed by atoms with Gasteiger partial charge in [-0.2, -0.15) is 0 Å². The summed E-state index contributed by atoms with van der Waals surface area (Å²) in [5.41, 5.74) is 3.21. The molecule has 2 atom stereocenters. The maximum Gasteiger partial charge on any atom is 0.255 e. The molecule has 1 N–H and O–H groups in total. The third-order valence-corrected chi connectivity index (χ3v) is 5.70. The van der Waals surface area contributed by atoms with Crippen molar-refractivity contribution >= 4 is 11.9 Å². The van der Waals surface area contributed by atoms with Crippen molar-refractivity contribution in [2.75, 3.05) is 31.1 Å². The largest absolute Gasteiger partial charge is 0.367 e. The van der Waals surface area contributed by atoms with Crippen LogP contribution in [-0.2, 0) is 6.42 Å². The van der Waals surface area contributed by atoms with Crippen molar-refractivity contribution in [1.82, 2.24) is 19.9 Å². The molecule has 2 aromatic rings. The van der Waals surface area contributed by atoms with Gasteiger partial charge in [0.1, 0.15) is 0 Å². The summed E-state index contributed by atoms with van der Waals surface area (Å²) >= 11 is 0. The van der Waals surface area contributed by atoms with Gasteiger partial charge in [0, 0.05) is 56.4 Å². The Kier molecular flexibility index (Phi) is 3.11. The van der Waals surface area contributed by atoms with Crippen LogP contribution < -0.4 is 4.90 Å². The van der Waals surface area contributed by atoms with Gasteiger partial charge in [0.25, 0.3) is 5.91 Å². The highest BCUT2D eigenvalue weighted by molar-refractivity contribution is 5.94. The second kappa shape index (κ2) is 5.33. The minimum atomic E-state index is 0.127. The number of anilines is 1. The third-order valence-electron chi connectivity index (χ3n) is 5.70. The molecule has 2 saturated heterocycles. The summed E-state index contributed by atoms with van der Waals surface area (Å²) in [6.45, 7) is 3.76. The van der Waals surface area contributed by atoms with Crippen LogP contribution in [0.2, 0.25) is 0 Å². The first-order chi connectivity index (χ1) is 11.8. The monoisotopic (exact) mass is 323 g/mol. The Morgan fingerprint density at radius 3 is 2.92 bits per heavy atom. The molecule has 6 nitrogen and oxygen atoms in total. The van der Waals surface area contributed by atoms with Crippen molar-refractivity contribution in [2.24, 2.45) is 5.92 Å². The van der Waals surface area contributed by atoms with Crippen LogP contribution in [0.5, 0.6) is 0 Å². The predicted octanol–water partition coefficient (Wildman–Crippen LogP) is 1.82. The molecule has 2 fully saturated rings. The summed E-state index contributed by atoms with van der Waals surface area (Å²) in [7, 11) is 0. The number of aromatic nitrogens is 3. The Hall–Kier alpha value is -2.37. The summed E-state index contributed by atoms with van der Waals surface area (Å²) in [5.74, 6) is 1.91. The second-order valence-electron chi connectivity index (χ2n) is 7.15. The molecule has 1 aliphatic carbocycles. The molecular formula is C18H21N5O. The Morgan fingerprint density at radius 1 is 1.25 bits per heavy atom. The van der Waals surface area contributed by atoms with Crippen LogP contribution in [0.25, 0.3) is 0 Å². The number of likely N-dealkylation sites (tertiary alicyclic amines) is 1. The first-order valence-electron chi connectivity index (χ1n) is 8.82. The number of fused-ring (bicyclic) bond motifs is 3. The van der Waals surface area contributed by atoms with Gasteiger partial charge in [-0.15, -0.1) is 0 Å². The van der Waals surface area contributed by atoms with Crippen LogP contribution >= 0.6 is 0 Å². The molecule has 1 amide bonds. The molecule has 3 aliphatic rings. The normalized spacial score (nSPS) is 25.2. The van der Waals surface area contributed by atoms with Crippen molar-refractivity contribution in [3.8, 4) is 0 Å². The molecule has 6 heteroatoms. The van der Waals surface area contributed by atoms with Gasteiger partial charge >= 0.3 is 0 Å². The molecule has 0 saturated carbocycles. The first-order valence-corrected chi connectivity index (χ1v) is 8.82. The molecule has 4 heterocycles. The van der Waals surface area contributed by atoms with E-state index < -0.39 is 0 Å². The van der Waals surface area contributed by atoms with E-state index >= 15 is 0 Å². The van der Waals surface area contributed by atoms with Crippen LogP contribution in [0.4, 0.5) is 5.95 Å². The lowest BCUT2D eigenvalue weighted by Crippen LogP contribution is -2.29. The van der Waals surface area contributed by atoms with Gasteiger partial charge in [-0.25, -0.2) is 9.97 Å². The fraction of sp³-hybridized carbons (Fsp3) is 0.500. The molecule has 0 spiro atoms. The van der Waals surface area contributed by atoms with E-state index in [0.29, 0.717) is 11.8 Å². The van der Waals surface area contributed by atoms with Crippen molar-refractivity contribution in [3.05, 3.63) is 41.5 Å². The van der Waals surface area contributed by atoms with E-state index in [-0.39, 0.29) is 5.91 Å². The summed E-state index contributed by atoms with van der Waals surface area (Å²) in [5, 5.41) is 0. The quantitative estimate of drug-likeness (QED) is 0.915. The van der Waals surface area contributed by atoms with Crippen molar-refractivity contribution < 1.29 is 4.79 Å². The fourth-order valence-corrected chi connectivity index (χ4v) is 4.44. The van der Waals surface area contributed by atoms with Crippen molar-refractivity contribution in [1.29, 1.82) is 0 Å². The van der Waals surface area contributed by atoms with E-state index in [9.17, 15) is 4.79 Å². The molecule has 2 aromatic heterocycles. The molecule has 0 radical (unpaired) electrons. The van der Waals surface area contributed by atoms with E-state index in [0.717, 1.165) is 44.1 Å². The molecule has 2 aliphatic heterocycles. The highest BCUT2D eigenvalue weighted by atomic mass is 16.2. The van der Waals surface area contributed by atoms with Gasteiger partial charge < -0.3 is 14.8 Å². The molecule has 24 heavy (non-hydrogen) atoms. The number of nitrogens with one attached hydrogen (secondary N) is 1. The molecule has 5 rings (SSSR count). The number of hydrogen-bond acceptors (Lipinski definition) is 4.